The number of para-hydroxylation sites is 1. The minimum Gasteiger partial charge on any atom is -0.442 e. The maximum atomic E-state index is 4.68. The Morgan fingerprint density at radius 2 is 1.30 bits per heavy atom. The number of benzene rings is 4. The summed E-state index contributed by atoms with van der Waals surface area (Å²) in [6, 6.07) is 40.8. The maximum Gasteiger partial charge on any atom is 2.00 e. The second-order valence-corrected chi connectivity index (χ2v) is 10.4. The molecule has 214 valence electrons. The van der Waals surface area contributed by atoms with Gasteiger partial charge in [-0.15, -0.1) is 0 Å². The van der Waals surface area contributed by atoms with E-state index in [4.69, 9.17) is 0 Å². The predicted molar refractivity (Wildman–Crippen MR) is 179 cm³/mol. The Morgan fingerprint density at radius 3 is 2.13 bits per heavy atom. The zero-order valence-corrected chi connectivity index (χ0v) is 27.7. The summed E-state index contributed by atoms with van der Waals surface area (Å²) < 4.78 is 2.24. The van der Waals surface area contributed by atoms with Gasteiger partial charge in [-0.05, 0) is 63.6 Å². The smallest absolute Gasteiger partial charge is 0.442 e. The van der Waals surface area contributed by atoms with Crippen molar-refractivity contribution in [1.29, 1.82) is 0 Å². The SMILES string of the molecule is [Zn+2].c1ccc(-n2c3cccnc3c3c(-c4ncc[n-]4)cccc32)cc1.c1ccc2c(N=c3[n-]ccc4ccccc34)nccc2c1. The standard InChI is InChI=1S/C20H13N4.C18H12N3.Zn/c1-2-6-14(7-3-1)24-16-9-4-8-15(20-22-12-13-23-20)18(16)19-17(24)10-5-11-21-19;1-3-7-15-13(5-1)9-11-19-17(15)21-18-16-8-4-2-6-14(16)10-12-20-18;/h1-13H;1-12H;/q2*-1;+2. The monoisotopic (exact) mass is 643 g/mol. The van der Waals surface area contributed by atoms with Crippen molar-refractivity contribution in [3.8, 4) is 17.1 Å². The number of rotatable bonds is 3. The Balaban J connectivity index is 0.000000145. The van der Waals surface area contributed by atoms with Gasteiger partial charge in [-0.1, -0.05) is 109 Å². The van der Waals surface area contributed by atoms with E-state index in [1.807, 2.05) is 85.1 Å². The zero-order valence-electron chi connectivity index (χ0n) is 24.8. The van der Waals surface area contributed by atoms with Gasteiger partial charge in [-0.2, -0.15) is 0 Å². The third-order valence-corrected chi connectivity index (χ3v) is 7.78. The van der Waals surface area contributed by atoms with Crippen molar-refractivity contribution in [2.24, 2.45) is 4.99 Å². The van der Waals surface area contributed by atoms with E-state index in [1.54, 1.807) is 24.8 Å². The third kappa shape index (κ3) is 5.29. The second kappa shape index (κ2) is 12.7. The molecule has 0 spiro atoms. The summed E-state index contributed by atoms with van der Waals surface area (Å²) in [6.45, 7) is 0. The second-order valence-electron chi connectivity index (χ2n) is 10.4. The Kier molecular flexibility index (Phi) is 8.02. The van der Waals surface area contributed by atoms with Crippen LogP contribution in [0, 0.1) is 0 Å². The quantitative estimate of drug-likeness (QED) is 0.184. The molecule has 7 nitrogen and oxygen atoms in total. The predicted octanol–water partition coefficient (Wildman–Crippen LogP) is 7.77. The molecule has 0 radical (unpaired) electrons. The Bertz CT molecular complexity index is 2490. The number of fused-ring (bicyclic) bond motifs is 5. The van der Waals surface area contributed by atoms with E-state index < -0.39 is 0 Å². The van der Waals surface area contributed by atoms with E-state index in [1.165, 1.54) is 0 Å². The molecule has 9 aromatic rings. The van der Waals surface area contributed by atoms with Crippen LogP contribution in [0.3, 0.4) is 0 Å². The van der Waals surface area contributed by atoms with Crippen LogP contribution < -0.4 is 15.5 Å². The molecule has 9 rings (SSSR count). The first-order chi connectivity index (χ1) is 22.3. The van der Waals surface area contributed by atoms with Gasteiger partial charge < -0.3 is 24.5 Å². The van der Waals surface area contributed by atoms with Crippen LogP contribution in [0.4, 0.5) is 5.82 Å². The average Bonchev–Trinajstić information content (AvgIpc) is 3.76. The summed E-state index contributed by atoms with van der Waals surface area (Å²) in [7, 11) is 0. The molecule has 0 saturated carbocycles. The molecule has 0 aliphatic rings. The molecule has 8 heteroatoms. The molecule has 46 heavy (non-hydrogen) atoms. The number of hydrogen-bond acceptors (Lipinski definition) is 4. The van der Waals surface area contributed by atoms with Crippen LogP contribution >= 0.6 is 0 Å². The average molecular weight is 645 g/mol. The van der Waals surface area contributed by atoms with Crippen LogP contribution in [0.5, 0.6) is 0 Å². The normalized spacial score (nSPS) is 11.4. The van der Waals surface area contributed by atoms with Gasteiger partial charge in [0, 0.05) is 28.9 Å². The Morgan fingerprint density at radius 1 is 0.543 bits per heavy atom. The zero-order chi connectivity index (χ0) is 30.0. The number of nitrogens with zero attached hydrogens (tertiary/aromatic N) is 7. The van der Waals surface area contributed by atoms with Crippen molar-refractivity contribution in [2.75, 3.05) is 0 Å². The topological polar surface area (TPSA) is 84.2 Å². The Hall–Kier alpha value is -5.72. The first kappa shape index (κ1) is 29.0. The van der Waals surface area contributed by atoms with Crippen molar-refractivity contribution in [3.63, 3.8) is 0 Å². The number of imidazole rings is 1. The van der Waals surface area contributed by atoms with E-state index >= 15 is 0 Å². The number of pyridine rings is 3. The third-order valence-electron chi connectivity index (χ3n) is 7.78. The Labute approximate surface area is 277 Å². The molecule has 0 aliphatic carbocycles. The molecule has 0 amide bonds. The molecule has 0 bridgehead atoms. The van der Waals surface area contributed by atoms with Gasteiger partial charge >= 0.3 is 19.5 Å². The summed E-state index contributed by atoms with van der Waals surface area (Å²) in [4.78, 5) is 26.9. The van der Waals surface area contributed by atoms with Crippen LogP contribution in [0.15, 0.2) is 157 Å². The molecule has 0 unspecified atom stereocenters. The summed E-state index contributed by atoms with van der Waals surface area (Å²) >= 11 is 0. The minimum absolute atomic E-state index is 0. The fourth-order valence-electron chi connectivity index (χ4n) is 5.78. The fraction of sp³-hybridized carbons (Fsp3) is 0. The van der Waals surface area contributed by atoms with Crippen molar-refractivity contribution in [1.82, 2.24) is 29.5 Å². The van der Waals surface area contributed by atoms with Crippen LogP contribution in [0.2, 0.25) is 0 Å². The van der Waals surface area contributed by atoms with Crippen molar-refractivity contribution < 1.29 is 19.5 Å². The van der Waals surface area contributed by atoms with E-state index in [0.717, 1.165) is 60.6 Å². The molecule has 5 aromatic heterocycles. The first-order valence-electron chi connectivity index (χ1n) is 14.6. The summed E-state index contributed by atoms with van der Waals surface area (Å²) in [5, 5.41) is 5.42. The van der Waals surface area contributed by atoms with Crippen LogP contribution in [0.1, 0.15) is 0 Å². The summed E-state index contributed by atoms with van der Waals surface area (Å²) in [6.07, 6.45) is 8.84. The van der Waals surface area contributed by atoms with Crippen molar-refractivity contribution in [2.45, 2.75) is 0 Å². The molecule has 4 aromatic carbocycles. The molecule has 0 N–H and O–H groups in total. The molecular weight excluding hydrogens is 620 g/mol. The van der Waals surface area contributed by atoms with Gasteiger partial charge in [0.1, 0.15) is 0 Å². The van der Waals surface area contributed by atoms with E-state index in [-0.39, 0.29) is 19.5 Å². The van der Waals surface area contributed by atoms with E-state index in [2.05, 4.69) is 76.9 Å². The largest absolute Gasteiger partial charge is 2.00 e. The molecule has 5 heterocycles. The van der Waals surface area contributed by atoms with Crippen molar-refractivity contribution in [3.05, 3.63) is 158 Å². The van der Waals surface area contributed by atoms with Gasteiger partial charge in [0.25, 0.3) is 0 Å². The van der Waals surface area contributed by atoms with E-state index in [0.29, 0.717) is 11.3 Å². The number of hydrogen-bond donors (Lipinski definition) is 0. The van der Waals surface area contributed by atoms with Crippen LogP contribution in [-0.4, -0.2) is 19.5 Å². The van der Waals surface area contributed by atoms with Crippen LogP contribution in [0.25, 0.3) is 60.6 Å². The molecule has 0 fully saturated rings. The fourth-order valence-corrected chi connectivity index (χ4v) is 5.78. The summed E-state index contributed by atoms with van der Waals surface area (Å²) in [5.74, 6) is 1.44. The van der Waals surface area contributed by atoms with Crippen molar-refractivity contribution >= 4 is 49.3 Å². The van der Waals surface area contributed by atoms with Gasteiger partial charge in [0.15, 0.2) is 0 Å². The molecule has 0 saturated heterocycles. The van der Waals surface area contributed by atoms with Gasteiger partial charge in [0.05, 0.1) is 22.4 Å². The first-order valence-corrected chi connectivity index (χ1v) is 14.6. The molecule has 0 atom stereocenters. The maximum absolute atomic E-state index is 4.68. The molecule has 0 aliphatic heterocycles. The minimum atomic E-state index is 0. The number of aromatic nitrogens is 6. The van der Waals surface area contributed by atoms with E-state index in [9.17, 15) is 0 Å². The van der Waals surface area contributed by atoms with Gasteiger partial charge in [-0.25, -0.2) is 0 Å². The van der Waals surface area contributed by atoms with Gasteiger partial charge in [0.2, 0.25) is 0 Å². The van der Waals surface area contributed by atoms with Gasteiger partial charge in [-0.3, -0.25) is 9.97 Å². The molecular formula is C38H25N7Zn. The summed E-state index contributed by atoms with van der Waals surface area (Å²) in [5.41, 5.74) is 5.99. The van der Waals surface area contributed by atoms with Crippen LogP contribution in [-0.2, 0) is 19.5 Å².